The smallest absolute Gasteiger partial charge is 0.259 e. The normalized spacial score (nSPS) is 15.6. The molecule has 0 bridgehead atoms. The van der Waals surface area contributed by atoms with Gasteiger partial charge in [0, 0.05) is 41.8 Å². The Bertz CT molecular complexity index is 1490. The van der Waals surface area contributed by atoms with E-state index in [-0.39, 0.29) is 11.9 Å². The van der Waals surface area contributed by atoms with Crippen LogP contribution in [-0.2, 0) is 0 Å². The van der Waals surface area contributed by atoms with E-state index in [2.05, 4.69) is 27.5 Å². The molecule has 1 saturated heterocycles. The molecule has 0 spiro atoms. The van der Waals surface area contributed by atoms with Gasteiger partial charge >= 0.3 is 0 Å². The fourth-order valence-corrected chi connectivity index (χ4v) is 4.88. The first kappa shape index (κ1) is 22.1. The minimum atomic E-state index is -0.0517. The Kier molecular flexibility index (Phi) is 5.97. The van der Waals surface area contributed by atoms with Gasteiger partial charge < -0.3 is 5.32 Å². The van der Waals surface area contributed by atoms with Gasteiger partial charge in [-0.25, -0.2) is 14.5 Å². The van der Waals surface area contributed by atoms with Gasteiger partial charge in [0.25, 0.3) is 5.91 Å². The number of hydrogen-bond acceptors (Lipinski definition) is 5. The summed E-state index contributed by atoms with van der Waals surface area (Å²) in [5, 5.41) is 7.84. The third kappa shape index (κ3) is 4.14. The zero-order valence-electron chi connectivity index (χ0n) is 19.8. The lowest BCUT2D eigenvalue weighted by Gasteiger charge is -2.35. The van der Waals surface area contributed by atoms with Gasteiger partial charge in [0.2, 0.25) is 0 Å². The van der Waals surface area contributed by atoms with E-state index in [1.54, 1.807) is 23.1 Å². The number of carbonyl (C=O) groups is 1. The maximum atomic E-state index is 14.1. The average molecular weight is 475 g/mol. The van der Waals surface area contributed by atoms with Crippen molar-refractivity contribution in [1.82, 2.24) is 24.9 Å². The Labute approximate surface area is 209 Å². The summed E-state index contributed by atoms with van der Waals surface area (Å²) in [4.78, 5) is 25.1. The van der Waals surface area contributed by atoms with Gasteiger partial charge in [-0.05, 0) is 60.8 Å². The van der Waals surface area contributed by atoms with Crippen LogP contribution in [0, 0.1) is 0 Å². The Morgan fingerprint density at radius 2 is 1.69 bits per heavy atom. The maximum absolute atomic E-state index is 14.1. The second kappa shape index (κ2) is 9.71. The van der Waals surface area contributed by atoms with E-state index >= 15 is 0 Å². The molecule has 4 heterocycles. The van der Waals surface area contributed by atoms with Gasteiger partial charge in [0.1, 0.15) is 5.82 Å². The predicted molar refractivity (Wildman–Crippen MR) is 141 cm³/mol. The number of carbonyl (C=O) groups excluding carboxylic acids is 1. The molecule has 1 N–H and O–H groups in total. The van der Waals surface area contributed by atoms with Gasteiger partial charge in [-0.3, -0.25) is 9.69 Å². The van der Waals surface area contributed by atoms with Crippen LogP contribution < -0.4 is 10.2 Å². The molecule has 1 aliphatic rings. The minimum absolute atomic E-state index is 0.0205. The fourth-order valence-electron chi connectivity index (χ4n) is 4.88. The number of fused-ring (bicyclic) bond motifs is 1. The van der Waals surface area contributed by atoms with Crippen molar-refractivity contribution in [3.8, 4) is 22.3 Å². The molecular formula is C29H26N6O. The molecule has 1 fully saturated rings. The highest BCUT2D eigenvalue weighted by atomic mass is 16.2. The van der Waals surface area contributed by atoms with Crippen molar-refractivity contribution >= 4 is 17.4 Å². The summed E-state index contributed by atoms with van der Waals surface area (Å²) in [5.74, 6) is 0.641. The van der Waals surface area contributed by atoms with Crippen LogP contribution in [0.5, 0.6) is 0 Å². The fraction of sp³-hybridized carbons (Fsp3) is 0.172. The van der Waals surface area contributed by atoms with Crippen LogP contribution in [0.2, 0.25) is 0 Å². The number of benzene rings is 2. The summed E-state index contributed by atoms with van der Waals surface area (Å²) in [6, 6.07) is 23.7. The molecular weight excluding hydrogens is 448 g/mol. The lowest BCUT2D eigenvalue weighted by Crippen LogP contribution is -2.49. The van der Waals surface area contributed by atoms with E-state index in [4.69, 9.17) is 4.98 Å². The lowest BCUT2D eigenvalue weighted by atomic mass is 10.0. The summed E-state index contributed by atoms with van der Waals surface area (Å²) in [6.07, 6.45) is 9.14. The highest BCUT2D eigenvalue weighted by Gasteiger charge is 2.30. The number of piperidine rings is 1. The molecule has 1 aliphatic heterocycles. The molecule has 7 nitrogen and oxygen atoms in total. The van der Waals surface area contributed by atoms with Gasteiger partial charge in [0.15, 0.2) is 5.65 Å². The number of amides is 1. The molecule has 178 valence electrons. The van der Waals surface area contributed by atoms with Gasteiger partial charge in [0.05, 0.1) is 12.2 Å². The van der Waals surface area contributed by atoms with Crippen LogP contribution in [0.4, 0.5) is 5.82 Å². The van der Waals surface area contributed by atoms with Crippen molar-refractivity contribution in [3.05, 3.63) is 103 Å². The van der Waals surface area contributed by atoms with Crippen LogP contribution in [0.3, 0.4) is 0 Å². The zero-order chi connectivity index (χ0) is 24.3. The summed E-state index contributed by atoms with van der Waals surface area (Å²) in [7, 11) is 0. The third-order valence-electron chi connectivity index (χ3n) is 6.68. The van der Waals surface area contributed by atoms with Crippen molar-refractivity contribution in [2.75, 3.05) is 18.0 Å². The molecule has 2 aromatic carbocycles. The number of nitrogens with one attached hydrogen (secondary N) is 1. The summed E-state index contributed by atoms with van der Waals surface area (Å²) in [6.45, 7) is 1.71. The molecule has 5 aromatic rings. The Morgan fingerprint density at radius 3 is 2.50 bits per heavy atom. The summed E-state index contributed by atoms with van der Waals surface area (Å²) >= 11 is 0. The topological polar surface area (TPSA) is 75.4 Å². The van der Waals surface area contributed by atoms with Gasteiger partial charge in [-0.1, -0.05) is 42.5 Å². The van der Waals surface area contributed by atoms with Crippen molar-refractivity contribution in [1.29, 1.82) is 0 Å². The maximum Gasteiger partial charge on any atom is 0.259 e. The third-order valence-corrected chi connectivity index (χ3v) is 6.68. The van der Waals surface area contributed by atoms with E-state index in [1.807, 2.05) is 71.8 Å². The zero-order valence-corrected chi connectivity index (χ0v) is 19.8. The molecule has 0 radical (unpaired) electrons. The first-order valence-electron chi connectivity index (χ1n) is 12.2. The number of anilines is 1. The van der Waals surface area contributed by atoms with E-state index in [0.717, 1.165) is 53.8 Å². The van der Waals surface area contributed by atoms with Crippen LogP contribution >= 0.6 is 0 Å². The number of nitrogens with zero attached hydrogens (tertiary/aromatic N) is 5. The standard InChI is InChI=1S/C29H26N6O/c36-29(23-13-11-22(12-14-23)26-20-33-34-18-6-17-31-27(26)34)35(24-9-4-15-30-19-24)28-25(10-5-16-32-28)21-7-2-1-3-8-21/h1-3,5-8,10-14,16-18,20,24,30H,4,9,15,19H2/t24-/m1/s1. The molecule has 0 aliphatic carbocycles. The number of pyridine rings is 1. The molecule has 1 amide bonds. The van der Waals surface area contributed by atoms with E-state index in [0.29, 0.717) is 11.4 Å². The van der Waals surface area contributed by atoms with Crippen LogP contribution in [0.1, 0.15) is 23.2 Å². The number of hydrogen-bond donors (Lipinski definition) is 1. The molecule has 7 heteroatoms. The molecule has 3 aromatic heterocycles. The largest absolute Gasteiger partial charge is 0.315 e. The van der Waals surface area contributed by atoms with E-state index in [1.165, 1.54) is 0 Å². The first-order valence-corrected chi connectivity index (χ1v) is 12.2. The number of aromatic nitrogens is 4. The van der Waals surface area contributed by atoms with Gasteiger partial charge in [-0.15, -0.1) is 0 Å². The lowest BCUT2D eigenvalue weighted by molar-refractivity contribution is 0.0971. The van der Waals surface area contributed by atoms with Crippen molar-refractivity contribution in [3.63, 3.8) is 0 Å². The minimum Gasteiger partial charge on any atom is -0.315 e. The van der Waals surface area contributed by atoms with E-state index < -0.39 is 0 Å². The van der Waals surface area contributed by atoms with Crippen molar-refractivity contribution in [2.24, 2.45) is 0 Å². The molecule has 6 rings (SSSR count). The Balaban J connectivity index is 1.38. The average Bonchev–Trinajstić information content (AvgIpc) is 3.39. The molecule has 1 atom stereocenters. The van der Waals surface area contributed by atoms with Crippen LogP contribution in [0.25, 0.3) is 27.9 Å². The van der Waals surface area contributed by atoms with E-state index in [9.17, 15) is 4.79 Å². The van der Waals surface area contributed by atoms with Crippen LogP contribution in [0.15, 0.2) is 97.6 Å². The number of rotatable bonds is 5. The van der Waals surface area contributed by atoms with Crippen molar-refractivity contribution < 1.29 is 4.79 Å². The summed E-state index contributed by atoms with van der Waals surface area (Å²) < 4.78 is 1.75. The quantitative estimate of drug-likeness (QED) is 0.394. The molecule has 0 saturated carbocycles. The highest BCUT2D eigenvalue weighted by Crippen LogP contribution is 2.32. The summed E-state index contributed by atoms with van der Waals surface area (Å²) in [5.41, 5.74) is 5.29. The first-order chi connectivity index (χ1) is 17.8. The second-order valence-corrected chi connectivity index (χ2v) is 8.94. The van der Waals surface area contributed by atoms with Gasteiger partial charge in [-0.2, -0.15) is 5.10 Å². The SMILES string of the molecule is O=C(c1ccc(-c2cnn3cccnc23)cc1)N(c1ncccc1-c1ccccc1)[C@@H]1CCCNC1. The molecule has 0 unspecified atom stereocenters. The van der Waals surface area contributed by atoms with Crippen molar-refractivity contribution in [2.45, 2.75) is 18.9 Å². The highest BCUT2D eigenvalue weighted by molar-refractivity contribution is 6.08. The Hall–Kier alpha value is -4.36. The monoisotopic (exact) mass is 474 g/mol. The molecule has 36 heavy (non-hydrogen) atoms. The predicted octanol–water partition coefficient (Wildman–Crippen LogP) is 4.86. The second-order valence-electron chi connectivity index (χ2n) is 8.94. The van der Waals surface area contributed by atoms with Crippen LogP contribution in [-0.4, -0.2) is 44.6 Å². The Morgan fingerprint density at radius 1 is 0.889 bits per heavy atom.